The summed E-state index contributed by atoms with van der Waals surface area (Å²) in [6.45, 7) is 6.31. The van der Waals surface area contributed by atoms with Gasteiger partial charge in [-0.25, -0.2) is 4.98 Å². The monoisotopic (exact) mass is 306 g/mol. The molecular weight excluding hydrogens is 288 g/mol. The maximum absolute atomic E-state index is 11.9. The summed E-state index contributed by atoms with van der Waals surface area (Å²) in [5.41, 5.74) is 1.92. The van der Waals surface area contributed by atoms with Gasteiger partial charge < -0.3 is 14.8 Å². The van der Waals surface area contributed by atoms with E-state index in [0.717, 1.165) is 24.5 Å². The van der Waals surface area contributed by atoms with E-state index in [2.05, 4.69) is 29.0 Å². The lowest BCUT2D eigenvalue weighted by atomic mass is 10.2. The van der Waals surface area contributed by atoms with Crippen LogP contribution in [0.4, 0.5) is 11.4 Å². The van der Waals surface area contributed by atoms with Gasteiger partial charge in [0.1, 0.15) is 6.54 Å². The van der Waals surface area contributed by atoms with Crippen LogP contribution in [0.3, 0.4) is 0 Å². The number of halogens is 1. The summed E-state index contributed by atoms with van der Waals surface area (Å²) < 4.78 is 1.58. The van der Waals surface area contributed by atoms with Crippen molar-refractivity contribution >= 4 is 28.9 Å². The minimum absolute atomic E-state index is 0.134. The quantitative estimate of drug-likeness (QED) is 0.892. The molecule has 0 fully saturated rings. The smallest absolute Gasteiger partial charge is 0.244 e. The van der Waals surface area contributed by atoms with Crippen LogP contribution in [-0.2, 0) is 11.3 Å². The summed E-state index contributed by atoms with van der Waals surface area (Å²) in [6, 6.07) is 7.82. The molecule has 21 heavy (non-hydrogen) atoms. The van der Waals surface area contributed by atoms with Crippen molar-refractivity contribution in [3.05, 3.63) is 41.9 Å². The molecule has 0 saturated carbocycles. The molecule has 1 aromatic heterocycles. The minimum Gasteiger partial charge on any atom is -0.372 e. The fourth-order valence-electron chi connectivity index (χ4n) is 2.13. The Labute approximate surface area is 129 Å². The number of amides is 1. The summed E-state index contributed by atoms with van der Waals surface area (Å²) in [7, 11) is 0. The van der Waals surface area contributed by atoms with Gasteiger partial charge in [-0.2, -0.15) is 0 Å². The Morgan fingerprint density at radius 3 is 2.48 bits per heavy atom. The first-order valence-electron chi connectivity index (χ1n) is 6.95. The van der Waals surface area contributed by atoms with Gasteiger partial charge in [0, 0.05) is 36.9 Å². The molecule has 1 amide bonds. The van der Waals surface area contributed by atoms with E-state index in [1.165, 1.54) is 0 Å². The number of anilines is 2. The van der Waals surface area contributed by atoms with E-state index in [-0.39, 0.29) is 12.5 Å². The third-order valence-corrected chi connectivity index (χ3v) is 3.57. The Morgan fingerprint density at radius 1 is 1.29 bits per heavy atom. The number of imidazole rings is 1. The summed E-state index contributed by atoms with van der Waals surface area (Å²) in [5, 5.41) is 3.15. The van der Waals surface area contributed by atoms with Crippen molar-refractivity contribution in [2.75, 3.05) is 23.3 Å². The molecule has 0 radical (unpaired) electrons. The molecule has 0 bridgehead atoms. The Kier molecular flexibility index (Phi) is 5.22. The second-order valence-electron chi connectivity index (χ2n) is 4.59. The molecule has 6 heteroatoms. The van der Waals surface area contributed by atoms with Gasteiger partial charge in [-0.15, -0.1) is 0 Å². The summed E-state index contributed by atoms with van der Waals surface area (Å²) >= 11 is 5.84. The van der Waals surface area contributed by atoms with Crippen LogP contribution in [0, 0.1) is 0 Å². The number of nitrogens with zero attached hydrogens (tertiary/aromatic N) is 3. The van der Waals surface area contributed by atoms with Crippen molar-refractivity contribution in [3.8, 4) is 0 Å². The number of aromatic nitrogens is 2. The third-order valence-electron chi connectivity index (χ3n) is 3.26. The van der Waals surface area contributed by atoms with E-state index in [9.17, 15) is 4.79 Å². The van der Waals surface area contributed by atoms with Gasteiger partial charge in [0.15, 0.2) is 0 Å². The van der Waals surface area contributed by atoms with Gasteiger partial charge in [-0.3, -0.25) is 4.79 Å². The van der Waals surface area contributed by atoms with E-state index < -0.39 is 0 Å². The highest BCUT2D eigenvalue weighted by Gasteiger charge is 2.07. The van der Waals surface area contributed by atoms with Crippen LogP contribution in [0.5, 0.6) is 0 Å². The van der Waals surface area contributed by atoms with Gasteiger partial charge in [0.2, 0.25) is 11.2 Å². The molecule has 0 aliphatic heterocycles. The molecule has 1 heterocycles. The molecule has 0 atom stereocenters. The van der Waals surface area contributed by atoms with E-state index >= 15 is 0 Å². The molecular formula is C15H19ClN4O. The SMILES string of the molecule is CCN(CC)c1ccc(NC(=O)Cn2ccnc2Cl)cc1. The standard InChI is InChI=1S/C15H19ClN4O/c1-3-19(4-2)13-7-5-12(6-8-13)18-14(21)11-20-10-9-17-15(20)16/h5-10H,3-4,11H2,1-2H3,(H,18,21). The first-order chi connectivity index (χ1) is 10.1. The van der Waals surface area contributed by atoms with Crippen LogP contribution in [0.15, 0.2) is 36.7 Å². The number of nitrogens with one attached hydrogen (secondary N) is 1. The number of carbonyl (C=O) groups excluding carboxylic acids is 1. The second-order valence-corrected chi connectivity index (χ2v) is 4.93. The van der Waals surface area contributed by atoms with E-state index in [0.29, 0.717) is 5.28 Å². The van der Waals surface area contributed by atoms with Crippen molar-refractivity contribution < 1.29 is 4.79 Å². The zero-order valence-corrected chi connectivity index (χ0v) is 13.0. The van der Waals surface area contributed by atoms with Gasteiger partial charge >= 0.3 is 0 Å². The first kappa shape index (κ1) is 15.4. The Hall–Kier alpha value is -2.01. The molecule has 0 aliphatic carbocycles. The van der Waals surface area contributed by atoms with Crippen LogP contribution in [0.1, 0.15) is 13.8 Å². The fourth-order valence-corrected chi connectivity index (χ4v) is 2.30. The van der Waals surface area contributed by atoms with Gasteiger partial charge in [-0.1, -0.05) is 0 Å². The van der Waals surface area contributed by atoms with Crippen molar-refractivity contribution in [1.29, 1.82) is 0 Å². The summed E-state index contributed by atoms with van der Waals surface area (Å²) in [6.07, 6.45) is 3.24. The molecule has 0 aliphatic rings. The average molecular weight is 307 g/mol. The first-order valence-corrected chi connectivity index (χ1v) is 7.33. The molecule has 5 nitrogen and oxygen atoms in total. The zero-order valence-electron chi connectivity index (χ0n) is 12.2. The van der Waals surface area contributed by atoms with Crippen LogP contribution < -0.4 is 10.2 Å². The van der Waals surface area contributed by atoms with Gasteiger partial charge in [0.05, 0.1) is 0 Å². The normalized spacial score (nSPS) is 10.4. The predicted octanol–water partition coefficient (Wildman–Crippen LogP) is 3.02. The maximum Gasteiger partial charge on any atom is 0.244 e. The van der Waals surface area contributed by atoms with Gasteiger partial charge in [-0.05, 0) is 49.7 Å². The minimum atomic E-state index is -0.134. The number of hydrogen-bond acceptors (Lipinski definition) is 3. The molecule has 112 valence electrons. The second kappa shape index (κ2) is 7.13. The van der Waals surface area contributed by atoms with E-state index in [4.69, 9.17) is 11.6 Å². The third kappa shape index (κ3) is 3.98. The van der Waals surface area contributed by atoms with Crippen LogP contribution in [-0.4, -0.2) is 28.5 Å². The topological polar surface area (TPSA) is 50.2 Å². The number of carbonyl (C=O) groups is 1. The lowest BCUT2D eigenvalue weighted by Gasteiger charge is -2.21. The van der Waals surface area contributed by atoms with Crippen LogP contribution in [0.25, 0.3) is 0 Å². The number of rotatable bonds is 6. The maximum atomic E-state index is 11.9. The molecule has 0 spiro atoms. The lowest BCUT2D eigenvalue weighted by Crippen LogP contribution is -2.22. The summed E-state index contributed by atoms with van der Waals surface area (Å²) in [4.78, 5) is 18.1. The highest BCUT2D eigenvalue weighted by molar-refractivity contribution is 6.28. The largest absolute Gasteiger partial charge is 0.372 e. The van der Waals surface area contributed by atoms with Crippen molar-refractivity contribution in [1.82, 2.24) is 9.55 Å². The Bertz CT molecular complexity index is 590. The molecule has 2 rings (SSSR count). The van der Waals surface area contributed by atoms with Crippen LogP contribution >= 0.6 is 11.6 Å². The number of hydrogen-bond donors (Lipinski definition) is 1. The van der Waals surface area contributed by atoms with E-state index in [1.807, 2.05) is 24.3 Å². The zero-order chi connectivity index (χ0) is 15.2. The predicted molar refractivity (Wildman–Crippen MR) is 85.9 cm³/mol. The molecule has 2 aromatic rings. The molecule has 0 saturated heterocycles. The highest BCUT2D eigenvalue weighted by Crippen LogP contribution is 2.17. The lowest BCUT2D eigenvalue weighted by molar-refractivity contribution is -0.116. The Balaban J connectivity index is 1.97. The van der Waals surface area contributed by atoms with E-state index in [1.54, 1.807) is 17.0 Å². The molecule has 1 aromatic carbocycles. The fraction of sp³-hybridized carbons (Fsp3) is 0.333. The van der Waals surface area contributed by atoms with Gasteiger partial charge in [0.25, 0.3) is 0 Å². The highest BCUT2D eigenvalue weighted by atomic mass is 35.5. The number of benzene rings is 1. The van der Waals surface area contributed by atoms with Crippen molar-refractivity contribution in [3.63, 3.8) is 0 Å². The summed E-state index contributed by atoms with van der Waals surface area (Å²) in [5.74, 6) is -0.134. The average Bonchev–Trinajstić information content (AvgIpc) is 2.87. The molecule has 0 unspecified atom stereocenters. The van der Waals surface area contributed by atoms with Crippen LogP contribution in [0.2, 0.25) is 5.28 Å². The molecule has 1 N–H and O–H groups in total. The Morgan fingerprint density at radius 2 is 1.95 bits per heavy atom. The van der Waals surface area contributed by atoms with Crippen molar-refractivity contribution in [2.24, 2.45) is 0 Å². The van der Waals surface area contributed by atoms with Crippen molar-refractivity contribution in [2.45, 2.75) is 20.4 Å².